The first kappa shape index (κ1) is 17.3. The SMILES string of the molecule is CC(=O)N1CCNC(=O)[C@@H]1CC(=O)N1CCN(c2ccccc2)CC1. The van der Waals surface area contributed by atoms with Crippen LogP contribution >= 0.6 is 0 Å². The van der Waals surface area contributed by atoms with Crippen molar-refractivity contribution >= 4 is 23.4 Å². The lowest BCUT2D eigenvalue weighted by Crippen LogP contribution is -2.58. The zero-order valence-corrected chi connectivity index (χ0v) is 14.5. The Morgan fingerprint density at radius 2 is 1.76 bits per heavy atom. The third-order valence-electron chi connectivity index (χ3n) is 4.86. The second kappa shape index (κ2) is 7.55. The molecule has 2 heterocycles. The van der Waals surface area contributed by atoms with Crippen molar-refractivity contribution in [1.29, 1.82) is 0 Å². The smallest absolute Gasteiger partial charge is 0.243 e. The summed E-state index contributed by atoms with van der Waals surface area (Å²) >= 11 is 0. The van der Waals surface area contributed by atoms with Crippen LogP contribution in [-0.4, -0.2) is 72.8 Å². The van der Waals surface area contributed by atoms with Crippen LogP contribution in [0.3, 0.4) is 0 Å². The third-order valence-corrected chi connectivity index (χ3v) is 4.86. The number of anilines is 1. The topological polar surface area (TPSA) is 73.0 Å². The van der Waals surface area contributed by atoms with Crippen molar-refractivity contribution in [3.05, 3.63) is 30.3 Å². The highest BCUT2D eigenvalue weighted by Crippen LogP contribution is 2.17. The molecule has 3 rings (SSSR count). The first-order valence-electron chi connectivity index (χ1n) is 8.69. The highest BCUT2D eigenvalue weighted by Gasteiger charge is 2.34. The molecule has 2 aliphatic heterocycles. The van der Waals surface area contributed by atoms with Crippen molar-refractivity contribution in [3.8, 4) is 0 Å². The van der Waals surface area contributed by atoms with E-state index in [0.29, 0.717) is 26.2 Å². The molecule has 0 unspecified atom stereocenters. The predicted octanol–water partition coefficient (Wildman–Crippen LogP) is 0.0722. The van der Waals surface area contributed by atoms with Crippen LogP contribution in [0.1, 0.15) is 13.3 Å². The fourth-order valence-electron chi connectivity index (χ4n) is 3.44. The Balaban J connectivity index is 1.57. The minimum atomic E-state index is -0.689. The van der Waals surface area contributed by atoms with E-state index in [4.69, 9.17) is 0 Å². The molecule has 7 heteroatoms. The summed E-state index contributed by atoms with van der Waals surface area (Å²) in [4.78, 5) is 42.0. The fraction of sp³-hybridized carbons (Fsp3) is 0.500. The summed E-state index contributed by atoms with van der Waals surface area (Å²) in [6, 6.07) is 9.43. The van der Waals surface area contributed by atoms with E-state index in [2.05, 4.69) is 22.3 Å². The number of nitrogens with zero attached hydrogens (tertiary/aromatic N) is 3. The average Bonchev–Trinajstić information content (AvgIpc) is 2.64. The van der Waals surface area contributed by atoms with E-state index in [1.165, 1.54) is 11.8 Å². The van der Waals surface area contributed by atoms with Crippen LogP contribution in [0.25, 0.3) is 0 Å². The number of piperazine rings is 2. The van der Waals surface area contributed by atoms with E-state index in [1.54, 1.807) is 4.90 Å². The minimum Gasteiger partial charge on any atom is -0.368 e. The Bertz CT molecular complexity index is 641. The quantitative estimate of drug-likeness (QED) is 0.842. The van der Waals surface area contributed by atoms with Gasteiger partial charge in [0.2, 0.25) is 17.7 Å². The summed E-state index contributed by atoms with van der Waals surface area (Å²) in [5.74, 6) is -0.472. The lowest BCUT2D eigenvalue weighted by atomic mass is 10.1. The number of hydrogen-bond donors (Lipinski definition) is 1. The van der Waals surface area contributed by atoms with E-state index in [9.17, 15) is 14.4 Å². The van der Waals surface area contributed by atoms with Gasteiger partial charge in [-0.3, -0.25) is 14.4 Å². The lowest BCUT2D eigenvalue weighted by molar-refractivity contribution is -0.145. The van der Waals surface area contributed by atoms with Crippen molar-refractivity contribution < 1.29 is 14.4 Å². The molecular weight excluding hydrogens is 320 g/mol. The molecule has 1 N–H and O–H groups in total. The second-order valence-electron chi connectivity index (χ2n) is 6.43. The zero-order chi connectivity index (χ0) is 17.8. The van der Waals surface area contributed by atoms with E-state index in [-0.39, 0.29) is 24.1 Å². The van der Waals surface area contributed by atoms with Gasteiger partial charge < -0.3 is 20.0 Å². The minimum absolute atomic E-state index is 0.0523. The van der Waals surface area contributed by atoms with Crippen LogP contribution in [0.2, 0.25) is 0 Å². The lowest BCUT2D eigenvalue weighted by Gasteiger charge is -2.38. The Morgan fingerprint density at radius 3 is 2.40 bits per heavy atom. The van der Waals surface area contributed by atoms with Gasteiger partial charge in [0.25, 0.3) is 0 Å². The van der Waals surface area contributed by atoms with E-state index >= 15 is 0 Å². The van der Waals surface area contributed by atoms with Crippen molar-refractivity contribution in [1.82, 2.24) is 15.1 Å². The Hall–Kier alpha value is -2.57. The van der Waals surface area contributed by atoms with Crippen molar-refractivity contribution in [3.63, 3.8) is 0 Å². The van der Waals surface area contributed by atoms with Crippen LogP contribution in [0.15, 0.2) is 30.3 Å². The molecule has 7 nitrogen and oxygen atoms in total. The highest BCUT2D eigenvalue weighted by atomic mass is 16.2. The molecular formula is C18H24N4O3. The van der Waals surface area contributed by atoms with Crippen LogP contribution in [0.5, 0.6) is 0 Å². The third kappa shape index (κ3) is 3.92. The molecule has 1 atom stereocenters. The van der Waals surface area contributed by atoms with Gasteiger partial charge in [0, 0.05) is 51.9 Å². The second-order valence-corrected chi connectivity index (χ2v) is 6.43. The van der Waals surface area contributed by atoms with Crippen LogP contribution in [0, 0.1) is 0 Å². The maximum absolute atomic E-state index is 12.6. The fourth-order valence-corrected chi connectivity index (χ4v) is 3.44. The van der Waals surface area contributed by atoms with Crippen molar-refractivity contribution in [2.24, 2.45) is 0 Å². The molecule has 1 aromatic rings. The van der Waals surface area contributed by atoms with Gasteiger partial charge in [0.1, 0.15) is 6.04 Å². The van der Waals surface area contributed by atoms with Gasteiger partial charge in [-0.25, -0.2) is 0 Å². The standard InChI is InChI=1S/C18H24N4O3/c1-14(23)22-8-7-19-18(25)16(22)13-17(24)21-11-9-20(10-12-21)15-5-3-2-4-6-15/h2-6,16H,7-13H2,1H3,(H,19,25)/t16-/m0/s1. The summed E-state index contributed by atoms with van der Waals surface area (Å²) in [6.45, 7) is 5.13. The number of carbonyl (C=O) groups excluding carboxylic acids is 3. The van der Waals surface area contributed by atoms with Crippen molar-refractivity contribution in [2.75, 3.05) is 44.2 Å². The van der Waals surface area contributed by atoms with Crippen LogP contribution in [-0.2, 0) is 14.4 Å². The Morgan fingerprint density at radius 1 is 1.08 bits per heavy atom. The number of amides is 3. The van der Waals surface area contributed by atoms with Gasteiger partial charge >= 0.3 is 0 Å². The van der Waals surface area contributed by atoms with Gasteiger partial charge in [-0.15, -0.1) is 0 Å². The number of benzene rings is 1. The number of nitrogens with one attached hydrogen (secondary N) is 1. The summed E-state index contributed by atoms with van der Waals surface area (Å²) in [6.07, 6.45) is 0.0523. The summed E-state index contributed by atoms with van der Waals surface area (Å²) in [7, 11) is 0. The number of rotatable bonds is 3. The molecule has 3 amide bonds. The van der Waals surface area contributed by atoms with E-state index in [1.807, 2.05) is 18.2 Å². The maximum atomic E-state index is 12.6. The summed E-state index contributed by atoms with van der Waals surface area (Å²) in [5, 5.41) is 2.74. The molecule has 0 aromatic heterocycles. The largest absolute Gasteiger partial charge is 0.368 e. The van der Waals surface area contributed by atoms with Gasteiger partial charge in [0.05, 0.1) is 6.42 Å². The molecule has 0 aliphatic carbocycles. The molecule has 0 spiro atoms. The van der Waals surface area contributed by atoms with Gasteiger partial charge in [-0.1, -0.05) is 18.2 Å². The Labute approximate surface area is 147 Å². The monoisotopic (exact) mass is 344 g/mol. The molecule has 2 saturated heterocycles. The summed E-state index contributed by atoms with van der Waals surface area (Å²) in [5.41, 5.74) is 1.16. The van der Waals surface area contributed by atoms with E-state index in [0.717, 1.165) is 18.8 Å². The van der Waals surface area contributed by atoms with E-state index < -0.39 is 6.04 Å². The molecule has 2 aliphatic rings. The maximum Gasteiger partial charge on any atom is 0.243 e. The number of para-hydroxylation sites is 1. The zero-order valence-electron chi connectivity index (χ0n) is 14.5. The van der Waals surface area contributed by atoms with Gasteiger partial charge in [-0.05, 0) is 12.1 Å². The molecule has 0 radical (unpaired) electrons. The predicted molar refractivity (Wildman–Crippen MR) is 94.0 cm³/mol. The van der Waals surface area contributed by atoms with Gasteiger partial charge in [-0.2, -0.15) is 0 Å². The molecule has 0 bridgehead atoms. The van der Waals surface area contributed by atoms with Crippen LogP contribution < -0.4 is 10.2 Å². The van der Waals surface area contributed by atoms with Crippen molar-refractivity contribution in [2.45, 2.75) is 19.4 Å². The number of hydrogen-bond acceptors (Lipinski definition) is 4. The average molecular weight is 344 g/mol. The molecule has 1 aromatic carbocycles. The molecule has 25 heavy (non-hydrogen) atoms. The molecule has 0 saturated carbocycles. The first-order chi connectivity index (χ1) is 12.1. The molecule has 2 fully saturated rings. The number of carbonyl (C=O) groups is 3. The normalized spacial score (nSPS) is 21.1. The molecule has 134 valence electrons. The van der Waals surface area contributed by atoms with Crippen LogP contribution in [0.4, 0.5) is 5.69 Å². The Kier molecular flexibility index (Phi) is 5.21. The first-order valence-corrected chi connectivity index (χ1v) is 8.69. The summed E-state index contributed by atoms with van der Waals surface area (Å²) < 4.78 is 0. The highest BCUT2D eigenvalue weighted by molar-refractivity contribution is 5.92. The van der Waals surface area contributed by atoms with Gasteiger partial charge in [0.15, 0.2) is 0 Å².